The van der Waals surface area contributed by atoms with E-state index in [9.17, 15) is 0 Å². The van der Waals surface area contributed by atoms with Gasteiger partial charge in [0.25, 0.3) is 0 Å². The Kier molecular flexibility index (Phi) is 4.67. The molecule has 0 unspecified atom stereocenters. The van der Waals surface area contributed by atoms with Crippen molar-refractivity contribution in [3.63, 3.8) is 0 Å². The van der Waals surface area contributed by atoms with Gasteiger partial charge in [0.05, 0.1) is 0 Å². The highest BCUT2D eigenvalue weighted by atomic mass is 14.8. The molecular weight excluding hydrogens is 182 g/mol. The minimum Gasteiger partial charge on any atom is -0.393 e. The van der Waals surface area contributed by atoms with E-state index in [4.69, 9.17) is 0 Å². The zero-order chi connectivity index (χ0) is 11.3. The quantitative estimate of drug-likeness (QED) is 0.688. The predicted octanol–water partition coefficient (Wildman–Crippen LogP) is 3.80. The Morgan fingerprint density at radius 2 is 1.80 bits per heavy atom. The third-order valence-corrected chi connectivity index (χ3v) is 3.19. The Hall–Kier alpha value is -0.980. The van der Waals surface area contributed by atoms with Crippen molar-refractivity contribution in [2.45, 2.75) is 39.0 Å². The molecule has 0 spiro atoms. The zero-order valence-corrected chi connectivity index (χ0v) is 10.1. The number of rotatable bonds is 4. The second kappa shape index (κ2) is 5.79. The number of hydrogen-bond acceptors (Lipinski definition) is 1. The van der Waals surface area contributed by atoms with Gasteiger partial charge in [-0.1, -0.05) is 32.4 Å². The van der Waals surface area contributed by atoms with Crippen LogP contribution >= 0.6 is 0 Å². The van der Waals surface area contributed by atoms with Gasteiger partial charge < -0.3 is 5.32 Å². The van der Waals surface area contributed by atoms with Gasteiger partial charge in [-0.25, -0.2) is 0 Å². The molecule has 1 aliphatic rings. The van der Waals surface area contributed by atoms with Gasteiger partial charge >= 0.3 is 0 Å². The smallest absolute Gasteiger partial charge is 0.00403 e. The molecule has 1 fully saturated rings. The third kappa shape index (κ3) is 3.26. The summed E-state index contributed by atoms with van der Waals surface area (Å²) in [6.07, 6.45) is 8.72. The van der Waals surface area contributed by atoms with Gasteiger partial charge in [-0.3, -0.25) is 0 Å². The van der Waals surface area contributed by atoms with E-state index in [1.807, 2.05) is 13.2 Å². The Bertz CT molecular complexity index is 267. The van der Waals surface area contributed by atoms with Gasteiger partial charge in [-0.2, -0.15) is 0 Å². The summed E-state index contributed by atoms with van der Waals surface area (Å²) in [5, 5.41) is 3.09. The van der Waals surface area contributed by atoms with Crippen LogP contribution in [0.3, 0.4) is 0 Å². The van der Waals surface area contributed by atoms with Gasteiger partial charge in [-0.05, 0) is 42.4 Å². The molecule has 0 aromatic heterocycles. The van der Waals surface area contributed by atoms with Crippen LogP contribution in [-0.4, -0.2) is 7.05 Å². The van der Waals surface area contributed by atoms with Crippen molar-refractivity contribution >= 4 is 0 Å². The van der Waals surface area contributed by atoms with Crippen LogP contribution in [0.25, 0.3) is 0 Å². The highest BCUT2D eigenvalue weighted by Crippen LogP contribution is 2.34. The van der Waals surface area contributed by atoms with Crippen LogP contribution in [0.5, 0.6) is 0 Å². The lowest BCUT2D eigenvalue weighted by Crippen LogP contribution is -2.12. The Morgan fingerprint density at radius 1 is 1.20 bits per heavy atom. The minimum absolute atomic E-state index is 0.676. The van der Waals surface area contributed by atoms with Crippen LogP contribution in [0, 0.1) is 5.92 Å². The molecule has 1 aliphatic carbocycles. The first-order valence-corrected chi connectivity index (χ1v) is 5.89. The topological polar surface area (TPSA) is 12.0 Å². The molecule has 1 rings (SSSR count). The molecule has 0 bridgehead atoms. The van der Waals surface area contributed by atoms with E-state index in [1.165, 1.54) is 43.3 Å². The zero-order valence-electron chi connectivity index (χ0n) is 10.1. The molecule has 0 aromatic rings. The lowest BCUT2D eigenvalue weighted by atomic mass is 9.80. The van der Waals surface area contributed by atoms with Crippen molar-refractivity contribution in [1.29, 1.82) is 0 Å². The first-order valence-electron chi connectivity index (χ1n) is 5.89. The first-order chi connectivity index (χ1) is 7.16. The molecule has 0 aromatic carbocycles. The van der Waals surface area contributed by atoms with Gasteiger partial charge in [0.15, 0.2) is 0 Å². The lowest BCUT2D eigenvalue weighted by Gasteiger charge is -2.25. The number of hydrogen-bond donors (Lipinski definition) is 1. The number of allylic oxidation sites excluding steroid dienone is 3. The van der Waals surface area contributed by atoms with Crippen molar-refractivity contribution in [3.8, 4) is 0 Å². The fourth-order valence-electron chi connectivity index (χ4n) is 2.31. The predicted molar refractivity (Wildman–Crippen MR) is 67.7 cm³/mol. The van der Waals surface area contributed by atoms with Gasteiger partial charge in [0, 0.05) is 13.2 Å². The SMILES string of the molecule is C=C(C)/C(=C/NC)C(=C)C1CCCCC1. The van der Waals surface area contributed by atoms with Crippen LogP contribution in [0.4, 0.5) is 0 Å². The summed E-state index contributed by atoms with van der Waals surface area (Å²) in [6.45, 7) is 10.3. The van der Waals surface area contributed by atoms with Crippen LogP contribution < -0.4 is 5.32 Å². The summed E-state index contributed by atoms with van der Waals surface area (Å²) < 4.78 is 0. The number of nitrogens with one attached hydrogen (secondary N) is 1. The summed E-state index contributed by atoms with van der Waals surface area (Å²) >= 11 is 0. The second-order valence-electron chi connectivity index (χ2n) is 4.49. The normalized spacial score (nSPS) is 18.7. The van der Waals surface area contributed by atoms with E-state index >= 15 is 0 Å². The average Bonchev–Trinajstić information content (AvgIpc) is 2.26. The maximum absolute atomic E-state index is 4.25. The van der Waals surface area contributed by atoms with E-state index in [-0.39, 0.29) is 0 Å². The summed E-state index contributed by atoms with van der Waals surface area (Å²) in [4.78, 5) is 0. The van der Waals surface area contributed by atoms with Crippen molar-refractivity contribution in [2.24, 2.45) is 5.92 Å². The Balaban J connectivity index is 2.71. The summed E-state index contributed by atoms with van der Waals surface area (Å²) in [5.41, 5.74) is 3.60. The van der Waals surface area contributed by atoms with Crippen molar-refractivity contribution in [1.82, 2.24) is 5.32 Å². The van der Waals surface area contributed by atoms with E-state index in [1.54, 1.807) is 0 Å². The molecule has 1 N–H and O–H groups in total. The van der Waals surface area contributed by atoms with E-state index in [0.717, 1.165) is 5.57 Å². The molecule has 1 nitrogen and oxygen atoms in total. The van der Waals surface area contributed by atoms with Gasteiger partial charge in [0.1, 0.15) is 0 Å². The summed E-state index contributed by atoms with van der Waals surface area (Å²) in [7, 11) is 1.93. The maximum Gasteiger partial charge on any atom is 0.00403 e. The van der Waals surface area contributed by atoms with Crippen LogP contribution in [0.15, 0.2) is 36.1 Å². The van der Waals surface area contributed by atoms with E-state index < -0.39 is 0 Å². The first kappa shape index (κ1) is 12.1. The maximum atomic E-state index is 4.25. The molecule has 1 saturated carbocycles. The molecule has 0 saturated heterocycles. The molecule has 84 valence electrons. The third-order valence-electron chi connectivity index (χ3n) is 3.19. The van der Waals surface area contributed by atoms with Crippen LogP contribution in [0.1, 0.15) is 39.0 Å². The van der Waals surface area contributed by atoms with Gasteiger partial charge in [-0.15, -0.1) is 0 Å². The minimum atomic E-state index is 0.676. The Labute approximate surface area is 94.0 Å². The lowest BCUT2D eigenvalue weighted by molar-refractivity contribution is 0.407. The van der Waals surface area contributed by atoms with E-state index in [2.05, 4.69) is 25.4 Å². The fourth-order valence-corrected chi connectivity index (χ4v) is 2.31. The second-order valence-corrected chi connectivity index (χ2v) is 4.49. The van der Waals surface area contributed by atoms with Crippen molar-refractivity contribution in [3.05, 3.63) is 36.1 Å². The average molecular weight is 205 g/mol. The van der Waals surface area contributed by atoms with Crippen molar-refractivity contribution < 1.29 is 0 Å². The van der Waals surface area contributed by atoms with Crippen LogP contribution in [0.2, 0.25) is 0 Å². The molecule has 0 heterocycles. The summed E-state index contributed by atoms with van der Waals surface area (Å²) in [5.74, 6) is 0.676. The highest BCUT2D eigenvalue weighted by molar-refractivity contribution is 5.43. The van der Waals surface area contributed by atoms with Crippen molar-refractivity contribution in [2.75, 3.05) is 7.05 Å². The molecule has 0 amide bonds. The molecule has 0 radical (unpaired) electrons. The van der Waals surface area contributed by atoms with Gasteiger partial charge in [0.2, 0.25) is 0 Å². The molecule has 15 heavy (non-hydrogen) atoms. The monoisotopic (exact) mass is 205 g/mol. The fraction of sp³-hybridized carbons (Fsp3) is 0.571. The largest absolute Gasteiger partial charge is 0.393 e. The summed E-state index contributed by atoms with van der Waals surface area (Å²) in [6, 6.07) is 0. The van der Waals surface area contributed by atoms with Crippen LogP contribution in [-0.2, 0) is 0 Å². The molecular formula is C14H23N. The molecule has 0 aliphatic heterocycles. The highest BCUT2D eigenvalue weighted by Gasteiger charge is 2.18. The van der Waals surface area contributed by atoms with E-state index in [0.29, 0.717) is 5.92 Å². The molecule has 1 heteroatoms. The Morgan fingerprint density at radius 3 is 2.27 bits per heavy atom. The standard InChI is InChI=1S/C14H23N/c1-11(2)14(10-15-4)12(3)13-8-6-5-7-9-13/h10,13,15H,1,3,5-9H2,2,4H3/b14-10-. The molecule has 0 atom stereocenters.